The number of hydrogen-bond donors (Lipinski definition) is 1. The molecule has 5 rings (SSSR count). The second-order valence-corrected chi connectivity index (χ2v) is 9.46. The van der Waals surface area contributed by atoms with E-state index < -0.39 is 0 Å². The third-order valence-corrected chi connectivity index (χ3v) is 7.20. The summed E-state index contributed by atoms with van der Waals surface area (Å²) in [5.41, 5.74) is 2.34. The summed E-state index contributed by atoms with van der Waals surface area (Å²) in [5.74, 6) is 0.830. The molecule has 3 aromatic rings. The Bertz CT molecular complexity index is 1000. The molecule has 1 N–H and O–H groups in total. The predicted octanol–water partition coefficient (Wildman–Crippen LogP) is 3.19. The van der Waals surface area contributed by atoms with E-state index in [0.29, 0.717) is 0 Å². The molecular weight excluding hydrogens is 434 g/mol. The smallest absolute Gasteiger partial charge is 0.188 e. The van der Waals surface area contributed by atoms with Crippen molar-refractivity contribution in [2.75, 3.05) is 75.8 Å². The maximum Gasteiger partial charge on any atom is 0.188 e. The minimum Gasteiger partial charge on any atom is -0.379 e. The maximum atomic E-state index is 5.44. The summed E-state index contributed by atoms with van der Waals surface area (Å²) in [4.78, 5) is 21.8. The molecule has 5 heterocycles. The molecule has 0 unspecified atom stereocenters. The SMILES string of the molecule is c1cc(-c2cnc(Nc3cc(N4CCN(CCCN5CCOCC5)CC4)ccn3)s2)ccn1. The lowest BCUT2D eigenvalue weighted by molar-refractivity contribution is 0.0360. The van der Waals surface area contributed by atoms with Crippen LogP contribution in [0.1, 0.15) is 6.42 Å². The molecule has 9 heteroatoms. The Hall–Kier alpha value is -2.59. The topological polar surface area (TPSA) is 69.7 Å². The van der Waals surface area contributed by atoms with Crippen LogP contribution in [0, 0.1) is 0 Å². The van der Waals surface area contributed by atoms with Gasteiger partial charge in [-0.25, -0.2) is 9.97 Å². The zero-order chi connectivity index (χ0) is 22.3. The summed E-state index contributed by atoms with van der Waals surface area (Å²) in [6.45, 7) is 10.6. The number of thiazole rings is 1. The number of hydrogen-bond acceptors (Lipinski definition) is 9. The number of aromatic nitrogens is 3. The lowest BCUT2D eigenvalue weighted by Crippen LogP contribution is -2.47. The van der Waals surface area contributed by atoms with Crippen molar-refractivity contribution in [3.63, 3.8) is 0 Å². The van der Waals surface area contributed by atoms with Crippen LogP contribution in [-0.4, -0.2) is 90.3 Å². The molecule has 0 aromatic carbocycles. The molecule has 0 atom stereocenters. The predicted molar refractivity (Wildman–Crippen MR) is 133 cm³/mol. The fourth-order valence-electron chi connectivity index (χ4n) is 4.35. The van der Waals surface area contributed by atoms with Crippen LogP contribution >= 0.6 is 11.3 Å². The molecule has 0 saturated carbocycles. The van der Waals surface area contributed by atoms with E-state index in [1.807, 2.05) is 24.5 Å². The van der Waals surface area contributed by atoms with Crippen molar-refractivity contribution in [3.8, 4) is 10.4 Å². The largest absolute Gasteiger partial charge is 0.379 e. The highest BCUT2D eigenvalue weighted by molar-refractivity contribution is 7.18. The minimum absolute atomic E-state index is 0.830. The number of nitrogens with one attached hydrogen (secondary N) is 1. The Labute approximate surface area is 199 Å². The van der Waals surface area contributed by atoms with Gasteiger partial charge in [-0.15, -0.1) is 0 Å². The second-order valence-electron chi connectivity index (χ2n) is 8.43. The zero-order valence-electron chi connectivity index (χ0n) is 18.9. The van der Waals surface area contributed by atoms with E-state index in [4.69, 9.17) is 4.74 Å². The molecule has 2 fully saturated rings. The summed E-state index contributed by atoms with van der Waals surface area (Å²) in [6, 6.07) is 8.22. The van der Waals surface area contributed by atoms with E-state index in [1.54, 1.807) is 23.7 Å². The standard InChI is InChI=1S/C24H31N7OS/c1(9-30-14-16-32-17-15-30)8-29-10-12-31(13-11-29)21-4-7-26-23(18-21)28-24-27-19-22(33-24)20-2-5-25-6-3-20/h2-7,18-19H,1,8-17H2,(H,26,27,28). The highest BCUT2D eigenvalue weighted by Crippen LogP contribution is 2.30. The Morgan fingerprint density at radius 2 is 1.64 bits per heavy atom. The summed E-state index contributed by atoms with van der Waals surface area (Å²) in [7, 11) is 0. The van der Waals surface area contributed by atoms with Crippen LogP contribution in [0.3, 0.4) is 0 Å². The Morgan fingerprint density at radius 1 is 0.879 bits per heavy atom. The normalized spacial score (nSPS) is 17.9. The molecule has 2 aliphatic heterocycles. The molecule has 33 heavy (non-hydrogen) atoms. The van der Waals surface area contributed by atoms with Crippen molar-refractivity contribution in [2.24, 2.45) is 0 Å². The second kappa shape index (κ2) is 11.0. The van der Waals surface area contributed by atoms with E-state index in [-0.39, 0.29) is 0 Å². The highest BCUT2D eigenvalue weighted by atomic mass is 32.1. The van der Waals surface area contributed by atoms with Crippen LogP contribution in [0.4, 0.5) is 16.6 Å². The first-order valence-electron chi connectivity index (χ1n) is 11.7. The molecule has 0 radical (unpaired) electrons. The lowest BCUT2D eigenvalue weighted by Gasteiger charge is -2.36. The van der Waals surface area contributed by atoms with E-state index in [9.17, 15) is 0 Å². The maximum absolute atomic E-state index is 5.44. The number of ether oxygens (including phenoxy) is 1. The number of nitrogens with zero attached hydrogens (tertiary/aromatic N) is 6. The first-order chi connectivity index (χ1) is 16.3. The third-order valence-electron chi connectivity index (χ3n) is 6.24. The van der Waals surface area contributed by atoms with Crippen molar-refractivity contribution in [2.45, 2.75) is 6.42 Å². The number of piperazine rings is 1. The fraction of sp³-hybridized carbons (Fsp3) is 0.458. The number of morpholine rings is 1. The van der Waals surface area contributed by atoms with Gasteiger partial charge in [0.2, 0.25) is 0 Å². The quantitative estimate of drug-likeness (QED) is 0.544. The molecule has 2 saturated heterocycles. The molecule has 8 nitrogen and oxygen atoms in total. The summed E-state index contributed by atoms with van der Waals surface area (Å²) < 4.78 is 5.44. The van der Waals surface area contributed by atoms with Crippen molar-refractivity contribution < 1.29 is 4.74 Å². The van der Waals surface area contributed by atoms with E-state index in [2.05, 4.69) is 47.1 Å². The average Bonchev–Trinajstić information content (AvgIpc) is 3.34. The van der Waals surface area contributed by atoms with Crippen LogP contribution in [0.2, 0.25) is 0 Å². The summed E-state index contributed by atoms with van der Waals surface area (Å²) >= 11 is 1.62. The zero-order valence-corrected chi connectivity index (χ0v) is 19.7. The van der Waals surface area contributed by atoms with Gasteiger partial charge in [-0.3, -0.25) is 14.8 Å². The number of rotatable bonds is 8. The molecule has 0 bridgehead atoms. The van der Waals surface area contributed by atoms with Gasteiger partial charge >= 0.3 is 0 Å². The lowest BCUT2D eigenvalue weighted by atomic mass is 10.2. The number of anilines is 3. The Kier molecular flexibility index (Phi) is 7.42. The molecular formula is C24H31N7OS. The van der Waals surface area contributed by atoms with Crippen LogP contribution in [0.5, 0.6) is 0 Å². The molecule has 0 aliphatic carbocycles. The minimum atomic E-state index is 0.830. The van der Waals surface area contributed by atoms with Crippen molar-refractivity contribution in [3.05, 3.63) is 49.1 Å². The number of pyridine rings is 2. The first-order valence-corrected chi connectivity index (χ1v) is 12.5. The fourth-order valence-corrected chi connectivity index (χ4v) is 5.18. The molecule has 0 spiro atoms. The van der Waals surface area contributed by atoms with Crippen molar-refractivity contribution in [1.29, 1.82) is 0 Å². The van der Waals surface area contributed by atoms with E-state index in [0.717, 1.165) is 73.9 Å². The summed E-state index contributed by atoms with van der Waals surface area (Å²) in [5, 5.41) is 4.22. The van der Waals surface area contributed by atoms with Gasteiger partial charge in [0.05, 0.1) is 18.1 Å². The Balaban J connectivity index is 1.11. The van der Waals surface area contributed by atoms with Crippen LogP contribution in [-0.2, 0) is 4.74 Å². The molecule has 2 aliphatic rings. The van der Waals surface area contributed by atoms with Gasteiger partial charge in [0.15, 0.2) is 5.13 Å². The van der Waals surface area contributed by atoms with Gasteiger partial charge in [-0.1, -0.05) is 11.3 Å². The van der Waals surface area contributed by atoms with Crippen LogP contribution in [0.25, 0.3) is 10.4 Å². The van der Waals surface area contributed by atoms with E-state index in [1.165, 1.54) is 25.2 Å². The Morgan fingerprint density at radius 3 is 2.42 bits per heavy atom. The average molecular weight is 466 g/mol. The highest BCUT2D eigenvalue weighted by Gasteiger charge is 2.18. The van der Waals surface area contributed by atoms with Crippen LogP contribution in [0.15, 0.2) is 49.1 Å². The van der Waals surface area contributed by atoms with Gasteiger partial charge < -0.3 is 15.0 Å². The third kappa shape index (κ3) is 6.05. The van der Waals surface area contributed by atoms with Gasteiger partial charge in [0.1, 0.15) is 5.82 Å². The van der Waals surface area contributed by atoms with Gasteiger partial charge in [0.25, 0.3) is 0 Å². The molecule has 3 aromatic heterocycles. The van der Waals surface area contributed by atoms with Crippen molar-refractivity contribution in [1.82, 2.24) is 24.8 Å². The summed E-state index contributed by atoms with van der Waals surface area (Å²) in [6.07, 6.45) is 8.61. The van der Waals surface area contributed by atoms with Gasteiger partial charge in [0, 0.05) is 75.8 Å². The van der Waals surface area contributed by atoms with E-state index >= 15 is 0 Å². The van der Waals surface area contributed by atoms with Gasteiger partial charge in [-0.05, 0) is 43.3 Å². The van der Waals surface area contributed by atoms with Crippen LogP contribution < -0.4 is 10.2 Å². The van der Waals surface area contributed by atoms with Crippen molar-refractivity contribution >= 4 is 28.0 Å². The molecule has 174 valence electrons. The van der Waals surface area contributed by atoms with Gasteiger partial charge in [-0.2, -0.15) is 0 Å². The molecule has 0 amide bonds. The first kappa shape index (κ1) is 22.2. The monoisotopic (exact) mass is 465 g/mol.